The molecule has 3 aromatic rings. The zero-order valence-electron chi connectivity index (χ0n) is 21.6. The lowest BCUT2D eigenvalue weighted by atomic mass is 10.1. The van der Waals surface area contributed by atoms with Crippen LogP contribution in [0.5, 0.6) is 11.5 Å². The van der Waals surface area contributed by atoms with Crippen LogP contribution < -0.4 is 14.8 Å². The fraction of sp³-hybridized carbons (Fsp3) is 0.333. The van der Waals surface area contributed by atoms with Gasteiger partial charge < -0.3 is 19.9 Å². The van der Waals surface area contributed by atoms with Crippen LogP contribution in [0.3, 0.4) is 0 Å². The molecule has 0 aromatic heterocycles. The first-order valence-electron chi connectivity index (χ1n) is 12.1. The fourth-order valence-electron chi connectivity index (χ4n) is 3.48. The lowest BCUT2D eigenvalue weighted by Crippen LogP contribution is -2.38. The summed E-state index contributed by atoms with van der Waals surface area (Å²) in [5, 5.41) is 13.9. The number of ether oxygens (including phenoxy) is 2. The number of β-amino-alcohol motifs (C(OH)–C–C–N with tert-alkyl or cyclic N) is 1. The molecule has 1 atom stereocenters. The molecule has 3 aromatic carbocycles. The van der Waals surface area contributed by atoms with Crippen LogP contribution in [0.15, 0.2) is 66.7 Å². The largest absolute Gasteiger partial charge is 0.422 e. The van der Waals surface area contributed by atoms with Crippen molar-refractivity contribution in [3.8, 4) is 11.5 Å². The molecule has 0 amide bonds. The van der Waals surface area contributed by atoms with Crippen LogP contribution in [-0.2, 0) is 22.4 Å². The summed E-state index contributed by atoms with van der Waals surface area (Å²) in [5.74, 6) is -0.743. The summed E-state index contributed by atoms with van der Waals surface area (Å²) in [6, 6.07) is 20.0. The van der Waals surface area contributed by atoms with Gasteiger partial charge in [0.2, 0.25) is 0 Å². The Hall–Kier alpha value is -3.48. The van der Waals surface area contributed by atoms with Crippen molar-refractivity contribution in [2.75, 3.05) is 6.54 Å². The first-order valence-corrected chi connectivity index (χ1v) is 12.1. The Labute approximate surface area is 213 Å². The number of hydrogen-bond donors (Lipinski definition) is 2. The van der Waals surface area contributed by atoms with E-state index in [1.54, 1.807) is 18.2 Å². The van der Waals surface area contributed by atoms with Gasteiger partial charge in [0.15, 0.2) is 11.5 Å². The average molecular weight is 490 g/mol. The molecule has 2 N–H and O–H groups in total. The number of carbonyl (C=O) groups is 2. The maximum absolute atomic E-state index is 12.7. The molecule has 0 aliphatic rings. The lowest BCUT2D eigenvalue weighted by molar-refractivity contribution is -0.136. The molecule has 36 heavy (non-hydrogen) atoms. The number of aliphatic hydroxyl groups excluding tert-OH is 1. The minimum Gasteiger partial charge on any atom is -0.422 e. The summed E-state index contributed by atoms with van der Waals surface area (Å²) < 4.78 is 11.2. The third-order valence-corrected chi connectivity index (χ3v) is 5.56. The third-order valence-electron chi connectivity index (χ3n) is 5.56. The number of benzene rings is 3. The van der Waals surface area contributed by atoms with Gasteiger partial charge in [-0.3, -0.25) is 9.59 Å². The van der Waals surface area contributed by atoms with Crippen molar-refractivity contribution in [2.24, 2.45) is 0 Å². The molecule has 3 rings (SSSR count). The normalized spacial score (nSPS) is 12.2. The summed E-state index contributed by atoms with van der Waals surface area (Å²) in [7, 11) is 0. The maximum atomic E-state index is 12.7. The molecule has 0 heterocycles. The topological polar surface area (TPSA) is 84.9 Å². The van der Waals surface area contributed by atoms with Gasteiger partial charge in [-0.05, 0) is 63.4 Å². The first-order chi connectivity index (χ1) is 17.0. The van der Waals surface area contributed by atoms with E-state index in [1.165, 1.54) is 0 Å². The summed E-state index contributed by atoms with van der Waals surface area (Å²) in [5.41, 5.74) is 4.21. The average Bonchev–Trinajstić information content (AvgIpc) is 2.81. The maximum Gasteiger partial charge on any atom is 0.315 e. The molecule has 6 nitrogen and oxygen atoms in total. The van der Waals surface area contributed by atoms with Gasteiger partial charge in [0.25, 0.3) is 0 Å². The van der Waals surface area contributed by atoms with Crippen molar-refractivity contribution in [1.29, 1.82) is 0 Å². The Kier molecular flexibility index (Phi) is 9.02. The van der Waals surface area contributed by atoms with E-state index < -0.39 is 18.0 Å². The fourth-order valence-corrected chi connectivity index (χ4v) is 3.48. The predicted octanol–water partition coefficient (Wildman–Crippen LogP) is 5.02. The Morgan fingerprint density at radius 1 is 0.778 bits per heavy atom. The van der Waals surface area contributed by atoms with Crippen LogP contribution in [0.4, 0.5) is 0 Å². The van der Waals surface area contributed by atoms with Crippen LogP contribution in [0.1, 0.15) is 54.7 Å². The van der Waals surface area contributed by atoms with Crippen LogP contribution in [0, 0.1) is 13.8 Å². The highest BCUT2D eigenvalue weighted by atomic mass is 16.6. The van der Waals surface area contributed by atoms with Crippen LogP contribution in [0.2, 0.25) is 0 Å². The molecular formula is C30H35NO5. The highest BCUT2D eigenvalue weighted by Crippen LogP contribution is 2.31. The van der Waals surface area contributed by atoms with E-state index in [-0.39, 0.29) is 29.9 Å². The van der Waals surface area contributed by atoms with E-state index in [9.17, 15) is 14.7 Å². The number of nitrogens with one attached hydrogen (secondary N) is 1. The van der Waals surface area contributed by atoms with Crippen molar-refractivity contribution < 1.29 is 24.2 Å². The molecule has 190 valence electrons. The van der Waals surface area contributed by atoms with Crippen molar-refractivity contribution in [3.05, 3.63) is 94.5 Å². The Morgan fingerprint density at radius 3 is 1.72 bits per heavy atom. The van der Waals surface area contributed by atoms with Crippen molar-refractivity contribution in [1.82, 2.24) is 5.32 Å². The van der Waals surface area contributed by atoms with Gasteiger partial charge in [-0.1, -0.05) is 65.7 Å². The molecule has 0 bridgehead atoms. The van der Waals surface area contributed by atoms with Crippen LogP contribution >= 0.6 is 0 Å². The molecule has 0 fully saturated rings. The number of hydrogen-bond acceptors (Lipinski definition) is 6. The van der Waals surface area contributed by atoms with E-state index in [0.717, 1.165) is 22.3 Å². The molecule has 6 heteroatoms. The zero-order valence-corrected chi connectivity index (χ0v) is 21.6. The van der Waals surface area contributed by atoms with E-state index in [2.05, 4.69) is 5.32 Å². The van der Waals surface area contributed by atoms with E-state index in [4.69, 9.17) is 9.47 Å². The molecule has 0 unspecified atom stereocenters. The van der Waals surface area contributed by atoms with Gasteiger partial charge in [0, 0.05) is 12.1 Å². The zero-order chi connectivity index (χ0) is 26.3. The minimum absolute atomic E-state index is 0.0649. The highest BCUT2D eigenvalue weighted by Gasteiger charge is 2.19. The van der Waals surface area contributed by atoms with Gasteiger partial charge in [-0.2, -0.15) is 0 Å². The van der Waals surface area contributed by atoms with Crippen molar-refractivity contribution in [3.63, 3.8) is 0 Å². The Bertz CT molecular complexity index is 1180. The molecule has 0 saturated heterocycles. The minimum atomic E-state index is -0.837. The van der Waals surface area contributed by atoms with Gasteiger partial charge >= 0.3 is 11.9 Å². The molecule has 0 aliphatic carbocycles. The Balaban J connectivity index is 1.78. The second-order valence-corrected chi connectivity index (χ2v) is 10.1. The number of carbonyl (C=O) groups excluding carboxylic acids is 2. The summed E-state index contributed by atoms with van der Waals surface area (Å²) in [6.07, 6.45) is -0.692. The first kappa shape index (κ1) is 27.1. The highest BCUT2D eigenvalue weighted by molar-refractivity contribution is 5.78. The quantitative estimate of drug-likeness (QED) is 0.324. The second-order valence-electron chi connectivity index (χ2n) is 10.1. The summed E-state index contributed by atoms with van der Waals surface area (Å²) in [4.78, 5) is 25.4. The lowest BCUT2D eigenvalue weighted by Gasteiger charge is -2.23. The molecule has 0 aliphatic heterocycles. The smallest absolute Gasteiger partial charge is 0.315 e. The second kappa shape index (κ2) is 12.0. The van der Waals surface area contributed by atoms with Crippen molar-refractivity contribution in [2.45, 2.75) is 59.1 Å². The molecule has 0 spiro atoms. The monoisotopic (exact) mass is 489 g/mol. The van der Waals surface area contributed by atoms with E-state index >= 15 is 0 Å². The number of aryl methyl sites for hydroxylation is 2. The van der Waals surface area contributed by atoms with Crippen LogP contribution in [-0.4, -0.2) is 29.1 Å². The van der Waals surface area contributed by atoms with Crippen molar-refractivity contribution >= 4 is 11.9 Å². The number of rotatable bonds is 9. The number of aliphatic hydroxyl groups is 1. The molecule has 0 saturated carbocycles. The van der Waals surface area contributed by atoms with E-state index in [1.807, 2.05) is 83.1 Å². The van der Waals surface area contributed by atoms with Gasteiger partial charge in [-0.15, -0.1) is 0 Å². The standard InChI is InChI=1S/C30H35NO5/c1-20-6-10-22(11-7-20)16-28(33)35-26-15-14-24(25(32)19-31-30(3,4)5)18-27(26)36-29(34)17-23-12-8-21(2)9-13-23/h6-15,18,25,31-32H,16-17,19H2,1-5H3/t25-/m0/s1. The molecular weight excluding hydrogens is 454 g/mol. The summed E-state index contributed by atoms with van der Waals surface area (Å²) in [6.45, 7) is 10.3. The SMILES string of the molecule is Cc1ccc(CC(=O)Oc2ccc([C@@H](O)CNC(C)(C)C)cc2OC(=O)Cc2ccc(C)cc2)cc1. The number of esters is 2. The van der Waals surface area contributed by atoms with E-state index in [0.29, 0.717) is 12.1 Å². The predicted molar refractivity (Wildman–Crippen MR) is 140 cm³/mol. The van der Waals surface area contributed by atoms with Gasteiger partial charge in [0.1, 0.15) is 0 Å². The van der Waals surface area contributed by atoms with Crippen LogP contribution in [0.25, 0.3) is 0 Å². The Morgan fingerprint density at radius 2 is 1.25 bits per heavy atom. The molecule has 0 radical (unpaired) electrons. The van der Waals surface area contributed by atoms with Gasteiger partial charge in [0.05, 0.1) is 18.9 Å². The summed E-state index contributed by atoms with van der Waals surface area (Å²) >= 11 is 0. The van der Waals surface area contributed by atoms with Gasteiger partial charge in [-0.25, -0.2) is 0 Å². The third kappa shape index (κ3) is 8.63.